The van der Waals surface area contributed by atoms with E-state index in [0.29, 0.717) is 23.7 Å². The van der Waals surface area contributed by atoms with Crippen molar-refractivity contribution >= 4 is 11.7 Å². The molecule has 1 atom stereocenters. The van der Waals surface area contributed by atoms with E-state index >= 15 is 0 Å². The average Bonchev–Trinajstić information content (AvgIpc) is 2.82. The number of Topliss-reactive ketones (excluding diaryl/α,β-unsaturated/α-hetero) is 1. The molecule has 21 heavy (non-hydrogen) atoms. The van der Waals surface area contributed by atoms with Crippen LogP contribution in [0.5, 0.6) is 0 Å². The average molecular weight is 282 g/mol. The molecule has 0 saturated heterocycles. The monoisotopic (exact) mass is 282 g/mol. The Morgan fingerprint density at radius 3 is 2.76 bits per heavy atom. The van der Waals surface area contributed by atoms with E-state index in [1.54, 1.807) is 23.9 Å². The van der Waals surface area contributed by atoms with Crippen molar-refractivity contribution in [1.29, 1.82) is 0 Å². The molecule has 1 aliphatic carbocycles. The molecular formula is C17H18N2O2. The molecule has 0 bridgehead atoms. The number of carbonyl (C=O) groups excluding carboxylic acids is 2. The number of hydrogen-bond donors (Lipinski definition) is 1. The van der Waals surface area contributed by atoms with Crippen LogP contribution in [0, 0.1) is 0 Å². The molecule has 0 fully saturated rings. The fourth-order valence-corrected chi connectivity index (χ4v) is 2.83. The Morgan fingerprint density at radius 2 is 2.10 bits per heavy atom. The zero-order valence-corrected chi connectivity index (χ0v) is 12.2. The second kappa shape index (κ2) is 5.20. The number of hydrogen-bond acceptors (Lipinski definition) is 2. The van der Waals surface area contributed by atoms with Gasteiger partial charge in [-0.2, -0.15) is 0 Å². The van der Waals surface area contributed by atoms with Crippen LogP contribution >= 0.6 is 0 Å². The maximum Gasteiger partial charge on any atom is 0.267 e. The molecule has 0 spiro atoms. The standard InChI is InChI=1S/C17H18N2O2/c1-11(20)14-8-16(19(2)10-14)17(21)18-9-13-7-12-5-3-4-6-15(12)13/h3-6,8,10,13H,7,9H2,1-2H3,(H,18,21)/t13-/m0/s1. The second-order valence-electron chi connectivity index (χ2n) is 5.59. The summed E-state index contributed by atoms with van der Waals surface area (Å²) < 4.78 is 1.70. The summed E-state index contributed by atoms with van der Waals surface area (Å²) >= 11 is 0. The number of amides is 1. The van der Waals surface area contributed by atoms with Crippen molar-refractivity contribution in [1.82, 2.24) is 9.88 Å². The molecule has 1 N–H and O–H groups in total. The number of carbonyl (C=O) groups is 2. The van der Waals surface area contributed by atoms with Crippen LogP contribution < -0.4 is 5.32 Å². The lowest BCUT2D eigenvalue weighted by atomic mass is 9.77. The predicted octanol–water partition coefficient (Wildman–Crippen LogP) is 2.30. The van der Waals surface area contributed by atoms with Gasteiger partial charge in [0.15, 0.2) is 5.78 Å². The molecule has 0 radical (unpaired) electrons. The van der Waals surface area contributed by atoms with E-state index in [9.17, 15) is 9.59 Å². The Balaban J connectivity index is 1.64. The number of fused-ring (bicyclic) bond motifs is 1. The third kappa shape index (κ3) is 2.49. The largest absolute Gasteiger partial charge is 0.350 e. The Labute approximate surface area is 123 Å². The van der Waals surface area contributed by atoms with Crippen molar-refractivity contribution in [2.75, 3.05) is 6.54 Å². The molecule has 1 aromatic carbocycles. The predicted molar refractivity (Wildman–Crippen MR) is 80.6 cm³/mol. The van der Waals surface area contributed by atoms with E-state index in [0.717, 1.165) is 6.42 Å². The van der Waals surface area contributed by atoms with Crippen molar-refractivity contribution in [3.05, 3.63) is 58.9 Å². The van der Waals surface area contributed by atoms with E-state index in [1.165, 1.54) is 18.1 Å². The van der Waals surface area contributed by atoms with Crippen LogP contribution in [0.1, 0.15) is 44.8 Å². The van der Waals surface area contributed by atoms with Crippen molar-refractivity contribution in [3.8, 4) is 0 Å². The van der Waals surface area contributed by atoms with Gasteiger partial charge in [-0.3, -0.25) is 9.59 Å². The SMILES string of the molecule is CC(=O)c1cc(C(=O)NC[C@@H]2Cc3ccccc32)n(C)c1. The van der Waals surface area contributed by atoms with Gasteiger partial charge in [0.25, 0.3) is 5.91 Å². The molecule has 1 aliphatic rings. The fourth-order valence-electron chi connectivity index (χ4n) is 2.83. The first-order valence-electron chi connectivity index (χ1n) is 7.09. The zero-order valence-electron chi connectivity index (χ0n) is 12.2. The first-order valence-corrected chi connectivity index (χ1v) is 7.09. The number of nitrogens with zero attached hydrogens (tertiary/aromatic N) is 1. The van der Waals surface area contributed by atoms with E-state index in [2.05, 4.69) is 17.4 Å². The van der Waals surface area contributed by atoms with Crippen molar-refractivity contribution in [3.63, 3.8) is 0 Å². The Hall–Kier alpha value is -2.36. The quantitative estimate of drug-likeness (QED) is 0.875. The smallest absolute Gasteiger partial charge is 0.267 e. The second-order valence-corrected chi connectivity index (χ2v) is 5.59. The first-order chi connectivity index (χ1) is 10.1. The van der Waals surface area contributed by atoms with Crippen LogP contribution in [-0.2, 0) is 13.5 Å². The lowest BCUT2D eigenvalue weighted by molar-refractivity contribution is 0.0941. The van der Waals surface area contributed by atoms with Crippen LogP contribution in [0.15, 0.2) is 36.5 Å². The molecule has 4 nitrogen and oxygen atoms in total. The van der Waals surface area contributed by atoms with Gasteiger partial charge in [-0.25, -0.2) is 0 Å². The number of benzene rings is 1. The van der Waals surface area contributed by atoms with Gasteiger partial charge in [0, 0.05) is 31.3 Å². The highest BCUT2D eigenvalue weighted by Crippen LogP contribution is 2.34. The number of aromatic nitrogens is 1. The van der Waals surface area contributed by atoms with Gasteiger partial charge >= 0.3 is 0 Å². The molecule has 1 heterocycles. The maximum atomic E-state index is 12.2. The number of ketones is 1. The van der Waals surface area contributed by atoms with E-state index in [4.69, 9.17) is 0 Å². The summed E-state index contributed by atoms with van der Waals surface area (Å²) in [7, 11) is 1.78. The summed E-state index contributed by atoms with van der Waals surface area (Å²) in [5, 5.41) is 2.96. The van der Waals surface area contributed by atoms with Crippen LogP contribution in [0.25, 0.3) is 0 Å². The Bertz CT molecular complexity index is 715. The van der Waals surface area contributed by atoms with Crippen LogP contribution in [0.2, 0.25) is 0 Å². The maximum absolute atomic E-state index is 12.2. The van der Waals surface area contributed by atoms with Crippen LogP contribution in [-0.4, -0.2) is 22.8 Å². The van der Waals surface area contributed by atoms with Gasteiger partial charge in [0.05, 0.1) is 0 Å². The van der Waals surface area contributed by atoms with E-state index < -0.39 is 0 Å². The first kappa shape index (κ1) is 13.6. The highest BCUT2D eigenvalue weighted by atomic mass is 16.2. The molecule has 0 saturated carbocycles. The lowest BCUT2D eigenvalue weighted by Gasteiger charge is -2.30. The van der Waals surface area contributed by atoms with E-state index in [1.807, 2.05) is 12.1 Å². The Kier molecular flexibility index (Phi) is 3.37. The fraction of sp³-hybridized carbons (Fsp3) is 0.294. The van der Waals surface area contributed by atoms with Gasteiger partial charge in [-0.15, -0.1) is 0 Å². The lowest BCUT2D eigenvalue weighted by Crippen LogP contribution is -2.33. The van der Waals surface area contributed by atoms with Gasteiger partial charge < -0.3 is 9.88 Å². The third-order valence-corrected chi connectivity index (χ3v) is 4.11. The zero-order chi connectivity index (χ0) is 15.0. The topological polar surface area (TPSA) is 51.1 Å². The van der Waals surface area contributed by atoms with Gasteiger partial charge in [-0.05, 0) is 30.5 Å². The Morgan fingerprint density at radius 1 is 1.33 bits per heavy atom. The summed E-state index contributed by atoms with van der Waals surface area (Å²) in [6.45, 7) is 2.14. The minimum absolute atomic E-state index is 0.0300. The van der Waals surface area contributed by atoms with Crippen LogP contribution in [0.4, 0.5) is 0 Å². The minimum atomic E-state index is -0.130. The summed E-state index contributed by atoms with van der Waals surface area (Å²) in [5.74, 6) is 0.240. The molecule has 2 aromatic rings. The van der Waals surface area contributed by atoms with Crippen molar-refractivity contribution in [2.24, 2.45) is 7.05 Å². The molecule has 1 aromatic heterocycles. The summed E-state index contributed by atoms with van der Waals surface area (Å²) in [4.78, 5) is 23.6. The minimum Gasteiger partial charge on any atom is -0.350 e. The van der Waals surface area contributed by atoms with Gasteiger partial charge in [0.2, 0.25) is 0 Å². The number of nitrogens with one attached hydrogen (secondary N) is 1. The van der Waals surface area contributed by atoms with Crippen molar-refractivity contribution in [2.45, 2.75) is 19.3 Å². The van der Waals surface area contributed by atoms with Crippen LogP contribution in [0.3, 0.4) is 0 Å². The molecule has 4 heteroatoms. The molecule has 108 valence electrons. The normalized spacial score (nSPS) is 16.0. The summed E-state index contributed by atoms with van der Waals surface area (Å²) in [6.07, 6.45) is 2.71. The van der Waals surface area contributed by atoms with Crippen molar-refractivity contribution < 1.29 is 9.59 Å². The molecule has 0 unspecified atom stereocenters. The summed E-state index contributed by atoms with van der Waals surface area (Å²) in [5.41, 5.74) is 3.79. The van der Waals surface area contributed by atoms with E-state index in [-0.39, 0.29) is 11.7 Å². The molecule has 3 rings (SSSR count). The van der Waals surface area contributed by atoms with Gasteiger partial charge in [-0.1, -0.05) is 24.3 Å². The molecule has 0 aliphatic heterocycles. The molecule has 1 amide bonds. The highest BCUT2D eigenvalue weighted by Gasteiger charge is 2.26. The van der Waals surface area contributed by atoms with Gasteiger partial charge in [0.1, 0.15) is 5.69 Å². The number of aryl methyl sites for hydroxylation is 1. The highest BCUT2D eigenvalue weighted by molar-refractivity contribution is 5.99. The number of rotatable bonds is 4. The third-order valence-electron chi connectivity index (χ3n) is 4.11. The molecular weight excluding hydrogens is 264 g/mol. The summed E-state index contributed by atoms with van der Waals surface area (Å²) in [6, 6.07) is 9.96.